The predicted molar refractivity (Wildman–Crippen MR) is 104 cm³/mol. The van der Waals surface area contributed by atoms with Gasteiger partial charge in [-0.15, -0.1) is 10.2 Å². The first-order chi connectivity index (χ1) is 13.1. The van der Waals surface area contributed by atoms with Crippen LogP contribution in [0.2, 0.25) is 0 Å². The van der Waals surface area contributed by atoms with Crippen LogP contribution in [0.15, 0.2) is 24.4 Å². The van der Waals surface area contributed by atoms with Gasteiger partial charge in [0.15, 0.2) is 0 Å². The van der Waals surface area contributed by atoms with E-state index in [-0.39, 0.29) is 18.4 Å². The zero-order valence-corrected chi connectivity index (χ0v) is 15.9. The third-order valence-electron chi connectivity index (χ3n) is 5.07. The Hall–Kier alpha value is -2.45. The second kappa shape index (κ2) is 7.66. The summed E-state index contributed by atoms with van der Waals surface area (Å²) in [4.78, 5) is 21.3. The second-order valence-corrected chi connectivity index (χ2v) is 8.16. The van der Waals surface area contributed by atoms with Crippen molar-refractivity contribution in [1.29, 1.82) is 0 Å². The van der Waals surface area contributed by atoms with Crippen molar-refractivity contribution in [2.45, 2.75) is 32.6 Å². The number of aliphatic hydroxyl groups excluding tert-OH is 1. The van der Waals surface area contributed by atoms with Crippen LogP contribution in [0.3, 0.4) is 0 Å². The molecule has 3 aromatic rings. The van der Waals surface area contributed by atoms with E-state index in [9.17, 15) is 9.90 Å². The van der Waals surface area contributed by atoms with Crippen molar-refractivity contribution in [2.24, 2.45) is 11.8 Å². The molecule has 0 spiro atoms. The Morgan fingerprint density at radius 1 is 1.26 bits per heavy atom. The van der Waals surface area contributed by atoms with Gasteiger partial charge < -0.3 is 5.11 Å². The third kappa shape index (κ3) is 3.96. The molecule has 1 amide bonds. The molecule has 2 heterocycles. The highest BCUT2D eigenvalue weighted by Gasteiger charge is 2.26. The van der Waals surface area contributed by atoms with Gasteiger partial charge in [-0.2, -0.15) is 0 Å². The number of aryl methyl sites for hydroxylation is 1. The van der Waals surface area contributed by atoms with Crippen LogP contribution in [0.4, 0.5) is 5.95 Å². The maximum absolute atomic E-state index is 12.5. The fourth-order valence-electron chi connectivity index (χ4n) is 3.45. The number of rotatable bonds is 4. The fraction of sp³-hybridized carbons (Fsp3) is 0.421. The molecule has 1 saturated carbocycles. The number of aromatic nitrogens is 4. The number of nitrogens with one attached hydrogen (secondary N) is 1. The van der Waals surface area contributed by atoms with E-state index in [4.69, 9.17) is 0 Å². The minimum absolute atomic E-state index is 0.0391. The van der Waals surface area contributed by atoms with Crippen LogP contribution in [-0.2, 0) is 4.79 Å². The molecule has 0 atom stereocenters. The van der Waals surface area contributed by atoms with E-state index in [1.165, 1.54) is 11.3 Å². The van der Waals surface area contributed by atoms with Crippen LogP contribution in [0.25, 0.3) is 21.5 Å². The van der Waals surface area contributed by atoms with Gasteiger partial charge in [0.2, 0.25) is 11.9 Å². The average molecular weight is 383 g/mol. The highest BCUT2D eigenvalue weighted by Crippen LogP contribution is 2.29. The van der Waals surface area contributed by atoms with Gasteiger partial charge in [-0.3, -0.25) is 10.1 Å². The Morgan fingerprint density at radius 2 is 2.07 bits per heavy atom. The van der Waals surface area contributed by atoms with Crippen LogP contribution in [0.5, 0.6) is 0 Å². The SMILES string of the molecule is Cc1nnc(-c2ccc3cnc(NC(=O)[C@H]4CC[C@H](CO)CC4)nc3c2)s1. The van der Waals surface area contributed by atoms with E-state index in [2.05, 4.69) is 25.5 Å². The summed E-state index contributed by atoms with van der Waals surface area (Å²) in [5, 5.41) is 23.0. The number of hydrogen-bond donors (Lipinski definition) is 2. The van der Waals surface area contributed by atoms with Crippen molar-refractivity contribution < 1.29 is 9.90 Å². The van der Waals surface area contributed by atoms with Crippen molar-refractivity contribution >= 4 is 34.1 Å². The smallest absolute Gasteiger partial charge is 0.229 e. The standard InChI is InChI=1S/C19H21N5O2S/c1-11-23-24-18(27-11)14-6-7-15-9-20-19(21-16(15)8-14)22-17(26)13-4-2-12(10-25)3-5-13/h6-9,12-13,25H,2-5,10H2,1H3,(H,20,21,22,26)/t12-,13-. The molecule has 2 aromatic heterocycles. The normalized spacial score (nSPS) is 19.9. The molecule has 2 N–H and O–H groups in total. The molecule has 8 heteroatoms. The summed E-state index contributed by atoms with van der Waals surface area (Å²) in [6.45, 7) is 2.13. The summed E-state index contributed by atoms with van der Waals surface area (Å²) in [5.74, 6) is 0.570. The first-order valence-corrected chi connectivity index (χ1v) is 9.93. The fourth-order valence-corrected chi connectivity index (χ4v) is 4.14. The van der Waals surface area contributed by atoms with Crippen LogP contribution < -0.4 is 5.32 Å². The van der Waals surface area contributed by atoms with Crippen molar-refractivity contribution in [3.8, 4) is 10.6 Å². The molecule has 7 nitrogen and oxygen atoms in total. The minimum atomic E-state index is -0.0401. The summed E-state index contributed by atoms with van der Waals surface area (Å²) < 4.78 is 0. The van der Waals surface area contributed by atoms with E-state index < -0.39 is 0 Å². The lowest BCUT2D eigenvalue weighted by atomic mass is 9.82. The zero-order valence-electron chi connectivity index (χ0n) is 15.1. The van der Waals surface area contributed by atoms with Crippen LogP contribution >= 0.6 is 11.3 Å². The summed E-state index contributed by atoms with van der Waals surface area (Å²) >= 11 is 1.53. The van der Waals surface area contributed by atoms with Crippen molar-refractivity contribution in [3.05, 3.63) is 29.4 Å². The molecule has 27 heavy (non-hydrogen) atoms. The Labute approximate surface area is 160 Å². The number of nitrogens with zero attached hydrogens (tertiary/aromatic N) is 4. The van der Waals surface area contributed by atoms with Crippen molar-refractivity contribution in [2.75, 3.05) is 11.9 Å². The molecule has 1 aliphatic carbocycles. The lowest BCUT2D eigenvalue weighted by Gasteiger charge is -2.26. The molecule has 0 radical (unpaired) electrons. The van der Waals surface area contributed by atoms with Crippen molar-refractivity contribution in [1.82, 2.24) is 20.2 Å². The maximum atomic E-state index is 12.5. The van der Waals surface area contributed by atoms with Gasteiger partial charge in [-0.1, -0.05) is 23.5 Å². The molecule has 1 aliphatic rings. The van der Waals surface area contributed by atoms with Crippen LogP contribution in [-0.4, -0.2) is 37.8 Å². The molecule has 1 fully saturated rings. The first kappa shape index (κ1) is 17.9. The topological polar surface area (TPSA) is 101 Å². The Balaban J connectivity index is 1.51. The molecule has 0 bridgehead atoms. The van der Waals surface area contributed by atoms with E-state index in [1.807, 2.05) is 25.1 Å². The molecule has 0 unspecified atom stereocenters. The number of aliphatic hydroxyl groups is 1. The lowest BCUT2D eigenvalue weighted by molar-refractivity contribution is -0.121. The summed E-state index contributed by atoms with van der Waals surface area (Å²) in [6, 6.07) is 5.87. The largest absolute Gasteiger partial charge is 0.396 e. The number of amides is 1. The highest BCUT2D eigenvalue weighted by molar-refractivity contribution is 7.14. The molecule has 1 aromatic carbocycles. The second-order valence-electron chi connectivity index (χ2n) is 6.98. The van der Waals surface area contributed by atoms with Crippen molar-refractivity contribution in [3.63, 3.8) is 0 Å². The van der Waals surface area contributed by atoms with Gasteiger partial charge in [-0.05, 0) is 44.6 Å². The van der Waals surface area contributed by atoms with Gasteiger partial charge in [0.1, 0.15) is 10.0 Å². The molecule has 0 saturated heterocycles. The first-order valence-electron chi connectivity index (χ1n) is 9.11. The summed E-state index contributed by atoms with van der Waals surface area (Å²) in [5.41, 5.74) is 1.71. The number of fused-ring (bicyclic) bond motifs is 1. The number of anilines is 1. The zero-order chi connectivity index (χ0) is 18.8. The number of carbonyl (C=O) groups excluding carboxylic acids is 1. The maximum Gasteiger partial charge on any atom is 0.229 e. The molecule has 0 aliphatic heterocycles. The van der Waals surface area contributed by atoms with Gasteiger partial charge in [0.05, 0.1) is 5.52 Å². The molecule has 140 valence electrons. The van der Waals surface area contributed by atoms with E-state index in [1.54, 1.807) is 6.20 Å². The average Bonchev–Trinajstić information content (AvgIpc) is 3.14. The molecular formula is C19H21N5O2S. The van der Waals surface area contributed by atoms with E-state index in [0.29, 0.717) is 11.9 Å². The summed E-state index contributed by atoms with van der Waals surface area (Å²) in [6.07, 6.45) is 5.09. The van der Waals surface area contributed by atoms with E-state index >= 15 is 0 Å². The monoisotopic (exact) mass is 383 g/mol. The lowest BCUT2D eigenvalue weighted by Crippen LogP contribution is -2.28. The Morgan fingerprint density at radius 3 is 2.78 bits per heavy atom. The molecule has 4 rings (SSSR count). The predicted octanol–water partition coefficient (Wildman–Crippen LogP) is 3.19. The third-order valence-corrected chi connectivity index (χ3v) is 5.95. The van der Waals surface area contributed by atoms with Gasteiger partial charge in [0.25, 0.3) is 0 Å². The quantitative estimate of drug-likeness (QED) is 0.717. The number of benzene rings is 1. The Bertz CT molecular complexity index is 966. The van der Waals surface area contributed by atoms with Gasteiger partial charge in [0, 0.05) is 29.7 Å². The summed E-state index contributed by atoms with van der Waals surface area (Å²) in [7, 11) is 0. The minimum Gasteiger partial charge on any atom is -0.396 e. The van der Waals surface area contributed by atoms with Crippen LogP contribution in [0, 0.1) is 18.8 Å². The van der Waals surface area contributed by atoms with Crippen LogP contribution in [0.1, 0.15) is 30.7 Å². The highest BCUT2D eigenvalue weighted by atomic mass is 32.1. The van der Waals surface area contributed by atoms with E-state index in [0.717, 1.165) is 52.2 Å². The van der Waals surface area contributed by atoms with Gasteiger partial charge >= 0.3 is 0 Å². The number of hydrogen-bond acceptors (Lipinski definition) is 7. The Kier molecular flexibility index (Phi) is 5.09. The number of carbonyl (C=O) groups is 1. The van der Waals surface area contributed by atoms with Gasteiger partial charge in [-0.25, -0.2) is 9.97 Å². The molecular weight excluding hydrogens is 362 g/mol.